The summed E-state index contributed by atoms with van der Waals surface area (Å²) in [5.41, 5.74) is 0. The van der Waals surface area contributed by atoms with Crippen molar-refractivity contribution in [1.82, 2.24) is 0 Å². The minimum atomic E-state index is -1.68. The molecule has 0 aromatic heterocycles. The fourth-order valence-corrected chi connectivity index (χ4v) is 13.3. The van der Waals surface area contributed by atoms with Crippen LogP contribution in [0.4, 0.5) is 0 Å². The van der Waals surface area contributed by atoms with Crippen molar-refractivity contribution in [2.24, 2.45) is 0 Å². The fourth-order valence-electron chi connectivity index (χ4n) is 2.85. The maximum Gasteiger partial charge on any atom is 0.330 e. The molecule has 0 atom stereocenters. The number of esters is 1. The van der Waals surface area contributed by atoms with Gasteiger partial charge in [-0.1, -0.05) is 41.2 Å². The Labute approximate surface area is 133 Å². The van der Waals surface area contributed by atoms with Crippen molar-refractivity contribution in [1.29, 1.82) is 0 Å². The van der Waals surface area contributed by atoms with E-state index in [-0.39, 0.29) is 5.97 Å². The third-order valence-corrected chi connectivity index (χ3v) is 16.0. The molecule has 0 aliphatic carbocycles. The van der Waals surface area contributed by atoms with E-state index in [2.05, 4.69) is 41.2 Å². The van der Waals surface area contributed by atoms with E-state index in [0.29, 0.717) is 6.61 Å². The van der Waals surface area contributed by atoms with Gasteiger partial charge in [0.2, 0.25) is 0 Å². The molecule has 0 bridgehead atoms. The predicted octanol–water partition coefficient (Wildman–Crippen LogP) is 5.11. The summed E-state index contributed by atoms with van der Waals surface area (Å²) in [4.78, 5) is 11.1. The summed E-state index contributed by atoms with van der Waals surface area (Å²) in [5, 5.41) is 0. The van der Waals surface area contributed by atoms with Gasteiger partial charge in [-0.25, -0.2) is 4.79 Å². The predicted molar refractivity (Wildman–Crippen MR) is 95.6 cm³/mol. The lowest BCUT2D eigenvalue weighted by Crippen LogP contribution is -2.50. The van der Waals surface area contributed by atoms with Crippen LogP contribution in [0.5, 0.6) is 0 Å². The molecule has 124 valence electrons. The van der Waals surface area contributed by atoms with Crippen molar-refractivity contribution >= 4 is 22.6 Å². The van der Waals surface area contributed by atoms with Gasteiger partial charge in [0.25, 0.3) is 0 Å². The van der Waals surface area contributed by atoms with Crippen molar-refractivity contribution in [3.63, 3.8) is 0 Å². The second kappa shape index (κ2) is 10.3. The van der Waals surface area contributed by atoms with Crippen molar-refractivity contribution < 1.29 is 13.6 Å². The zero-order chi connectivity index (χ0) is 16.4. The van der Waals surface area contributed by atoms with E-state index in [4.69, 9.17) is 8.85 Å². The maximum atomic E-state index is 11.1. The van der Waals surface area contributed by atoms with Crippen molar-refractivity contribution in [3.8, 4) is 0 Å². The molecule has 0 N–H and O–H groups in total. The number of carbonyl (C=O) groups is 1. The molecule has 0 aromatic carbocycles. The normalized spacial score (nSPS) is 12.2. The van der Waals surface area contributed by atoms with Crippen LogP contribution < -0.4 is 0 Å². The van der Waals surface area contributed by atoms with Crippen molar-refractivity contribution in [3.05, 3.63) is 12.7 Å². The first-order chi connectivity index (χ1) is 9.96. The molecule has 0 radical (unpaired) electrons. The average Bonchev–Trinajstić information content (AvgIpc) is 2.55. The summed E-state index contributed by atoms with van der Waals surface area (Å²) >= 11 is 0. The van der Waals surface area contributed by atoms with Crippen LogP contribution in [0.1, 0.15) is 41.0 Å². The van der Waals surface area contributed by atoms with Crippen LogP contribution in [0.3, 0.4) is 0 Å². The van der Waals surface area contributed by atoms with Crippen LogP contribution in [-0.2, 0) is 13.6 Å². The van der Waals surface area contributed by atoms with Gasteiger partial charge in [-0.05, 0) is 42.7 Å². The van der Waals surface area contributed by atoms with Gasteiger partial charge in [-0.3, -0.25) is 0 Å². The summed E-state index contributed by atoms with van der Waals surface area (Å²) in [5.74, 6) is -0.324. The number of rotatable bonds is 12. The van der Waals surface area contributed by atoms with Crippen LogP contribution in [-0.4, -0.2) is 29.2 Å². The van der Waals surface area contributed by atoms with Crippen molar-refractivity contribution in [2.75, 3.05) is 6.61 Å². The highest BCUT2D eigenvalue weighted by Crippen LogP contribution is 2.33. The molecule has 0 aliphatic heterocycles. The van der Waals surface area contributed by atoms with Gasteiger partial charge >= 0.3 is 5.97 Å². The van der Waals surface area contributed by atoms with Crippen LogP contribution >= 0.6 is 0 Å². The lowest BCUT2D eigenvalue weighted by atomic mass is 10.5. The Morgan fingerprint density at radius 3 is 1.81 bits per heavy atom. The Kier molecular flexibility index (Phi) is 10.2. The van der Waals surface area contributed by atoms with Gasteiger partial charge in [0.15, 0.2) is 16.6 Å². The topological polar surface area (TPSA) is 35.5 Å². The molecule has 0 amide bonds. The van der Waals surface area contributed by atoms with Gasteiger partial charge in [0, 0.05) is 6.08 Å². The third kappa shape index (κ3) is 6.49. The second-order valence-electron chi connectivity index (χ2n) is 5.71. The Hall–Kier alpha value is -0.396. The van der Waals surface area contributed by atoms with E-state index in [0.717, 1.165) is 24.6 Å². The van der Waals surface area contributed by atoms with E-state index in [9.17, 15) is 4.79 Å². The standard InChI is InChI=1S/C16H34O3Si2/c1-7-16(17)18-14-13-15-21(11-5,12-6)19-20(8-2,9-3)10-4/h7H,1,8-15H2,2-6H3. The molecule has 21 heavy (non-hydrogen) atoms. The Morgan fingerprint density at radius 2 is 1.43 bits per heavy atom. The monoisotopic (exact) mass is 330 g/mol. The zero-order valence-corrected chi connectivity index (χ0v) is 16.7. The molecule has 0 saturated heterocycles. The minimum absolute atomic E-state index is 0.324. The molecule has 0 unspecified atom stereocenters. The quantitative estimate of drug-likeness (QED) is 0.216. The highest BCUT2D eigenvalue weighted by molar-refractivity contribution is 6.87. The van der Waals surface area contributed by atoms with Gasteiger partial charge in [-0.15, -0.1) is 0 Å². The van der Waals surface area contributed by atoms with Gasteiger partial charge in [0.1, 0.15) is 0 Å². The zero-order valence-electron chi connectivity index (χ0n) is 14.7. The first-order valence-corrected chi connectivity index (χ1v) is 13.5. The second-order valence-corrected chi connectivity index (χ2v) is 15.3. The highest BCUT2D eigenvalue weighted by atomic mass is 28.4. The fraction of sp³-hybridized carbons (Fsp3) is 0.812. The summed E-state index contributed by atoms with van der Waals surface area (Å²) in [6, 6.07) is 7.04. The smallest absolute Gasteiger partial charge is 0.330 e. The van der Waals surface area contributed by atoms with Crippen LogP contribution in [0.15, 0.2) is 12.7 Å². The first kappa shape index (κ1) is 20.6. The Morgan fingerprint density at radius 1 is 0.952 bits per heavy atom. The largest absolute Gasteiger partial charge is 0.463 e. The molecule has 0 rings (SSSR count). The molecule has 0 aliphatic rings. The molecule has 0 fully saturated rings. The van der Waals surface area contributed by atoms with Crippen LogP contribution in [0.2, 0.25) is 36.3 Å². The van der Waals surface area contributed by atoms with Gasteiger partial charge < -0.3 is 8.85 Å². The molecule has 5 heteroatoms. The molecule has 0 aromatic rings. The van der Waals surface area contributed by atoms with Crippen LogP contribution in [0.25, 0.3) is 0 Å². The van der Waals surface area contributed by atoms with E-state index in [1.165, 1.54) is 24.2 Å². The number of carbonyl (C=O) groups excluding carboxylic acids is 1. The molecule has 3 nitrogen and oxygen atoms in total. The number of ether oxygens (including phenoxy) is 1. The molecular formula is C16H34O3Si2. The van der Waals surface area contributed by atoms with Crippen molar-refractivity contribution in [2.45, 2.75) is 77.3 Å². The van der Waals surface area contributed by atoms with E-state index < -0.39 is 16.6 Å². The highest BCUT2D eigenvalue weighted by Gasteiger charge is 2.40. The lowest BCUT2D eigenvalue weighted by Gasteiger charge is -2.41. The van der Waals surface area contributed by atoms with E-state index in [1.807, 2.05) is 0 Å². The first-order valence-electron chi connectivity index (χ1n) is 8.46. The minimum Gasteiger partial charge on any atom is -0.463 e. The SMILES string of the molecule is C=CC(=O)OCCC[Si](CC)(CC)O[Si](CC)(CC)CC. The summed E-state index contributed by atoms with van der Waals surface area (Å²) in [7, 11) is -3.23. The number of hydrogen-bond acceptors (Lipinski definition) is 3. The molecule has 0 saturated carbocycles. The number of hydrogen-bond donors (Lipinski definition) is 0. The summed E-state index contributed by atoms with van der Waals surface area (Å²) in [6.07, 6.45) is 2.14. The van der Waals surface area contributed by atoms with Crippen LogP contribution in [0, 0.1) is 0 Å². The lowest BCUT2D eigenvalue weighted by molar-refractivity contribution is -0.137. The molecule has 0 spiro atoms. The summed E-state index contributed by atoms with van der Waals surface area (Å²) < 4.78 is 12.0. The third-order valence-electron chi connectivity index (χ3n) is 4.84. The van der Waals surface area contributed by atoms with Gasteiger partial charge in [-0.2, -0.15) is 0 Å². The maximum absolute atomic E-state index is 11.1. The molecular weight excluding hydrogens is 296 g/mol. The van der Waals surface area contributed by atoms with E-state index in [1.54, 1.807) is 0 Å². The van der Waals surface area contributed by atoms with Gasteiger partial charge in [0.05, 0.1) is 6.61 Å². The molecule has 0 heterocycles. The summed E-state index contributed by atoms with van der Waals surface area (Å²) in [6.45, 7) is 15.3. The Balaban J connectivity index is 4.68. The van der Waals surface area contributed by atoms with E-state index >= 15 is 0 Å². The average molecular weight is 331 g/mol. The Bertz CT molecular complexity index is 302.